The van der Waals surface area contributed by atoms with Crippen molar-refractivity contribution in [2.24, 2.45) is 0 Å². The smallest absolute Gasteiger partial charge is 0.278 e. The van der Waals surface area contributed by atoms with Gasteiger partial charge in [0.1, 0.15) is 11.3 Å². The zero-order chi connectivity index (χ0) is 19.7. The molecule has 0 saturated carbocycles. The van der Waals surface area contributed by atoms with Gasteiger partial charge < -0.3 is 4.57 Å². The van der Waals surface area contributed by atoms with Crippen LogP contribution in [0.25, 0.3) is 10.9 Å². The van der Waals surface area contributed by atoms with Gasteiger partial charge in [-0.1, -0.05) is 35.2 Å². The molecule has 4 rings (SSSR count). The SMILES string of the molecule is C=CCn1c(SCn2nnc3ccccc3c2=O)nnc1[C@H]1CCS(=O)(=O)C1. The Hall–Kier alpha value is -2.53. The molecule has 1 aliphatic rings. The minimum Gasteiger partial charge on any atom is -0.302 e. The number of hydrogen-bond acceptors (Lipinski definition) is 8. The van der Waals surface area contributed by atoms with Crippen molar-refractivity contribution in [3.8, 4) is 0 Å². The number of hydrogen-bond donors (Lipinski definition) is 0. The molecule has 0 unspecified atom stereocenters. The van der Waals surface area contributed by atoms with Gasteiger partial charge in [0.05, 0.1) is 22.8 Å². The second-order valence-corrected chi connectivity index (χ2v) is 9.67. The molecule has 28 heavy (non-hydrogen) atoms. The van der Waals surface area contributed by atoms with Gasteiger partial charge in [-0.3, -0.25) is 4.79 Å². The van der Waals surface area contributed by atoms with Gasteiger partial charge in [0.15, 0.2) is 15.0 Å². The summed E-state index contributed by atoms with van der Waals surface area (Å²) in [4.78, 5) is 12.6. The zero-order valence-corrected chi connectivity index (χ0v) is 16.6. The Morgan fingerprint density at radius 1 is 1.25 bits per heavy atom. The lowest BCUT2D eigenvalue weighted by Gasteiger charge is -2.11. The van der Waals surface area contributed by atoms with E-state index in [0.717, 1.165) is 0 Å². The minimum absolute atomic E-state index is 0.0859. The van der Waals surface area contributed by atoms with Gasteiger partial charge in [-0.15, -0.1) is 21.9 Å². The van der Waals surface area contributed by atoms with Crippen molar-refractivity contribution in [1.82, 2.24) is 29.8 Å². The average molecular weight is 419 g/mol. The lowest BCUT2D eigenvalue weighted by atomic mass is 10.1. The van der Waals surface area contributed by atoms with Gasteiger partial charge in [0.25, 0.3) is 5.56 Å². The Balaban J connectivity index is 1.59. The highest BCUT2D eigenvalue weighted by molar-refractivity contribution is 7.98. The molecule has 1 fully saturated rings. The number of aromatic nitrogens is 6. The van der Waals surface area contributed by atoms with Gasteiger partial charge in [0.2, 0.25) is 0 Å². The van der Waals surface area contributed by atoms with Crippen molar-refractivity contribution in [2.45, 2.75) is 29.9 Å². The number of rotatable bonds is 6. The molecule has 1 atom stereocenters. The first-order chi connectivity index (χ1) is 13.5. The first kappa shape index (κ1) is 18.8. The van der Waals surface area contributed by atoms with Crippen molar-refractivity contribution < 1.29 is 8.42 Å². The van der Waals surface area contributed by atoms with Crippen LogP contribution in [0.3, 0.4) is 0 Å². The van der Waals surface area contributed by atoms with Crippen LogP contribution in [-0.2, 0) is 22.3 Å². The van der Waals surface area contributed by atoms with Crippen molar-refractivity contribution in [2.75, 3.05) is 11.5 Å². The molecule has 0 radical (unpaired) electrons. The van der Waals surface area contributed by atoms with Crippen molar-refractivity contribution in [3.63, 3.8) is 0 Å². The average Bonchev–Trinajstić information content (AvgIpc) is 3.24. The fourth-order valence-electron chi connectivity index (χ4n) is 3.23. The van der Waals surface area contributed by atoms with Crippen molar-refractivity contribution in [1.29, 1.82) is 0 Å². The van der Waals surface area contributed by atoms with Crippen LogP contribution >= 0.6 is 11.8 Å². The first-order valence-electron chi connectivity index (χ1n) is 8.68. The summed E-state index contributed by atoms with van der Waals surface area (Å²) in [6, 6.07) is 7.04. The molecule has 1 saturated heterocycles. The Kier molecular flexibility index (Phi) is 5.02. The van der Waals surface area contributed by atoms with E-state index >= 15 is 0 Å². The van der Waals surface area contributed by atoms with E-state index in [1.807, 2.05) is 4.57 Å². The molecular weight excluding hydrogens is 400 g/mol. The van der Waals surface area contributed by atoms with E-state index in [2.05, 4.69) is 27.1 Å². The van der Waals surface area contributed by atoms with Gasteiger partial charge >= 0.3 is 0 Å². The molecule has 3 heterocycles. The van der Waals surface area contributed by atoms with Crippen LogP contribution in [0.4, 0.5) is 0 Å². The second kappa shape index (κ2) is 7.47. The third-order valence-electron chi connectivity index (χ3n) is 4.60. The standard InChI is InChI=1S/C17H18N6O3S2/c1-2-8-22-15(12-7-9-28(25,26)10-12)19-20-17(22)27-11-23-16(24)13-5-3-4-6-14(13)18-21-23/h2-6,12H,1,7-11H2/t12-/m0/s1. The highest BCUT2D eigenvalue weighted by Gasteiger charge is 2.33. The zero-order valence-electron chi connectivity index (χ0n) is 14.9. The van der Waals surface area contributed by atoms with Gasteiger partial charge in [-0.05, 0) is 18.6 Å². The van der Waals surface area contributed by atoms with E-state index in [4.69, 9.17) is 0 Å². The topological polar surface area (TPSA) is 113 Å². The summed E-state index contributed by atoms with van der Waals surface area (Å²) < 4.78 is 26.7. The molecule has 3 aromatic rings. The largest absolute Gasteiger partial charge is 0.302 e. The van der Waals surface area contributed by atoms with Gasteiger partial charge in [-0.2, -0.15) is 4.68 Å². The Morgan fingerprint density at radius 3 is 2.82 bits per heavy atom. The molecule has 0 aliphatic carbocycles. The monoisotopic (exact) mass is 418 g/mol. The molecular formula is C17H18N6O3S2. The number of allylic oxidation sites excluding steroid dienone is 1. The molecule has 1 aliphatic heterocycles. The third kappa shape index (κ3) is 3.59. The van der Waals surface area contributed by atoms with Gasteiger partial charge in [0, 0.05) is 12.5 Å². The van der Waals surface area contributed by atoms with E-state index < -0.39 is 9.84 Å². The van der Waals surface area contributed by atoms with Gasteiger partial charge in [-0.25, -0.2) is 8.42 Å². The van der Waals surface area contributed by atoms with Crippen LogP contribution in [0, 0.1) is 0 Å². The Bertz CT molecular complexity index is 1200. The number of benzene rings is 1. The summed E-state index contributed by atoms with van der Waals surface area (Å²) in [6.45, 7) is 4.22. The Morgan fingerprint density at radius 2 is 2.07 bits per heavy atom. The summed E-state index contributed by atoms with van der Waals surface area (Å²) in [7, 11) is -3.03. The highest BCUT2D eigenvalue weighted by atomic mass is 32.2. The predicted octanol–water partition coefficient (Wildman–Crippen LogP) is 1.22. The quantitative estimate of drug-likeness (QED) is 0.434. The summed E-state index contributed by atoms with van der Waals surface area (Å²) >= 11 is 1.29. The molecule has 0 N–H and O–H groups in total. The second-order valence-electron chi connectivity index (χ2n) is 6.52. The van der Waals surface area contributed by atoms with Crippen LogP contribution in [0.15, 0.2) is 46.9 Å². The number of thioether (sulfide) groups is 1. The minimum atomic E-state index is -3.03. The normalized spacial score (nSPS) is 18.5. The fourth-order valence-corrected chi connectivity index (χ4v) is 5.80. The molecule has 9 nitrogen and oxygen atoms in total. The lowest BCUT2D eigenvalue weighted by molar-refractivity contribution is 0.597. The van der Waals surface area contributed by atoms with Crippen LogP contribution in [0.2, 0.25) is 0 Å². The molecule has 0 amide bonds. The number of sulfone groups is 1. The molecule has 1 aromatic carbocycles. The summed E-state index contributed by atoms with van der Waals surface area (Å²) in [5, 5.41) is 17.6. The molecule has 146 valence electrons. The predicted molar refractivity (Wildman–Crippen MR) is 106 cm³/mol. The maximum Gasteiger partial charge on any atom is 0.278 e. The maximum absolute atomic E-state index is 12.6. The van der Waals surface area contributed by atoms with Crippen molar-refractivity contribution >= 4 is 32.5 Å². The first-order valence-corrected chi connectivity index (χ1v) is 11.5. The van der Waals surface area contributed by atoms with Crippen molar-refractivity contribution in [3.05, 3.63) is 53.1 Å². The maximum atomic E-state index is 12.6. The van der Waals surface area contributed by atoms with Crippen LogP contribution in [0.5, 0.6) is 0 Å². The summed E-state index contributed by atoms with van der Waals surface area (Å²) in [5.74, 6) is 0.941. The molecule has 11 heteroatoms. The van der Waals surface area contributed by atoms with E-state index in [1.54, 1.807) is 30.3 Å². The third-order valence-corrected chi connectivity index (χ3v) is 7.30. The van der Waals surface area contributed by atoms with Crippen LogP contribution in [0.1, 0.15) is 18.2 Å². The molecule has 0 spiro atoms. The van der Waals surface area contributed by atoms with E-state index in [1.165, 1.54) is 16.4 Å². The molecule has 2 aromatic heterocycles. The van der Waals surface area contributed by atoms with Crippen LogP contribution in [-0.4, -0.2) is 49.7 Å². The van der Waals surface area contributed by atoms with E-state index in [9.17, 15) is 13.2 Å². The molecule has 0 bridgehead atoms. The number of nitrogens with zero attached hydrogens (tertiary/aromatic N) is 6. The summed E-state index contributed by atoms with van der Waals surface area (Å²) in [6.07, 6.45) is 2.25. The Labute approximate surface area is 165 Å². The van der Waals surface area contributed by atoms with E-state index in [0.29, 0.717) is 34.8 Å². The highest BCUT2D eigenvalue weighted by Crippen LogP contribution is 2.30. The lowest BCUT2D eigenvalue weighted by Crippen LogP contribution is -2.23. The number of fused-ring (bicyclic) bond motifs is 1. The van der Waals surface area contributed by atoms with E-state index in [-0.39, 0.29) is 28.9 Å². The van der Waals surface area contributed by atoms with Crippen LogP contribution < -0.4 is 5.56 Å². The summed E-state index contributed by atoms with van der Waals surface area (Å²) in [5.41, 5.74) is 0.322. The fraction of sp³-hybridized carbons (Fsp3) is 0.353.